The number of carbonyl (C=O) groups excluding carboxylic acids is 2. The summed E-state index contributed by atoms with van der Waals surface area (Å²) in [7, 11) is 0. The summed E-state index contributed by atoms with van der Waals surface area (Å²) in [5.74, 6) is 0.421. The molecule has 3 aromatic heterocycles. The van der Waals surface area contributed by atoms with Crippen LogP contribution in [-0.4, -0.2) is 66.1 Å². The van der Waals surface area contributed by atoms with E-state index in [1.165, 1.54) is 6.07 Å². The lowest BCUT2D eigenvalue weighted by Gasteiger charge is -2.33. The lowest BCUT2D eigenvalue weighted by Crippen LogP contribution is -2.41. The molecule has 1 fully saturated rings. The number of carbonyl (C=O) groups is 2. The Morgan fingerprint density at radius 3 is 2.46 bits per heavy atom. The third-order valence-corrected chi connectivity index (χ3v) is 5.59. The summed E-state index contributed by atoms with van der Waals surface area (Å²) in [5, 5.41) is 10.9. The van der Waals surface area contributed by atoms with Crippen molar-refractivity contribution in [3.05, 3.63) is 34.1 Å². The van der Waals surface area contributed by atoms with Gasteiger partial charge in [-0.2, -0.15) is 10.1 Å². The van der Waals surface area contributed by atoms with Crippen LogP contribution in [0.1, 0.15) is 71.8 Å². The summed E-state index contributed by atoms with van der Waals surface area (Å²) < 4.78 is 17.7. The van der Waals surface area contributed by atoms with E-state index in [-0.39, 0.29) is 35.8 Å². The molecule has 3 aromatic rings. The molecular weight excluding hydrogens is 482 g/mol. The number of nitrogens with zero attached hydrogens (tertiary/aromatic N) is 5. The van der Waals surface area contributed by atoms with Gasteiger partial charge in [0, 0.05) is 25.1 Å². The van der Waals surface area contributed by atoms with Gasteiger partial charge in [0.15, 0.2) is 5.82 Å². The summed E-state index contributed by atoms with van der Waals surface area (Å²) in [6.07, 6.45) is 1.93. The molecule has 0 unspecified atom stereocenters. The fourth-order valence-electron chi connectivity index (χ4n) is 4.04. The maximum absolute atomic E-state index is 12.5. The average molecular weight is 516 g/mol. The molecule has 0 atom stereocenters. The van der Waals surface area contributed by atoms with Crippen LogP contribution >= 0.6 is 0 Å². The van der Waals surface area contributed by atoms with Gasteiger partial charge >= 0.3 is 12.2 Å². The molecule has 13 nitrogen and oxygen atoms in total. The van der Waals surface area contributed by atoms with Crippen molar-refractivity contribution in [2.45, 2.75) is 78.0 Å². The van der Waals surface area contributed by atoms with Crippen LogP contribution in [-0.2, 0) is 16.0 Å². The number of alkyl carbamates (subject to hydrolysis) is 1. The summed E-state index contributed by atoms with van der Waals surface area (Å²) in [6, 6.07) is 1.53. The molecule has 0 radical (unpaired) electrons. The molecule has 37 heavy (non-hydrogen) atoms. The number of amides is 2. The largest absolute Gasteiger partial charge is 0.444 e. The van der Waals surface area contributed by atoms with Gasteiger partial charge < -0.3 is 29.2 Å². The first-order valence-electron chi connectivity index (χ1n) is 12.2. The predicted octanol–water partition coefficient (Wildman–Crippen LogP) is 3.21. The fourth-order valence-corrected chi connectivity index (χ4v) is 4.04. The van der Waals surface area contributed by atoms with Crippen LogP contribution in [0.2, 0.25) is 0 Å². The second-order valence-electron chi connectivity index (χ2n) is 11.0. The van der Waals surface area contributed by atoms with Crippen molar-refractivity contribution in [2.24, 2.45) is 0 Å². The molecule has 2 amide bonds. The van der Waals surface area contributed by atoms with Gasteiger partial charge in [0.1, 0.15) is 22.4 Å². The highest BCUT2D eigenvalue weighted by atomic mass is 16.6. The Bertz CT molecular complexity index is 1340. The van der Waals surface area contributed by atoms with Crippen LogP contribution < -0.4 is 10.9 Å². The minimum Gasteiger partial charge on any atom is -0.444 e. The van der Waals surface area contributed by atoms with Crippen molar-refractivity contribution in [3.63, 3.8) is 0 Å². The second kappa shape index (κ2) is 9.87. The Kier molecular flexibility index (Phi) is 6.98. The first kappa shape index (κ1) is 26.2. The van der Waals surface area contributed by atoms with Crippen LogP contribution in [0, 0.1) is 0 Å². The number of nitrogens with one attached hydrogen (secondary N) is 2. The molecule has 13 heteroatoms. The molecule has 1 aliphatic rings. The van der Waals surface area contributed by atoms with E-state index in [4.69, 9.17) is 14.0 Å². The Morgan fingerprint density at radius 1 is 1.14 bits per heavy atom. The third-order valence-electron chi connectivity index (χ3n) is 5.59. The van der Waals surface area contributed by atoms with Crippen molar-refractivity contribution < 1.29 is 23.6 Å². The smallest absolute Gasteiger partial charge is 0.410 e. The molecule has 4 heterocycles. The van der Waals surface area contributed by atoms with Gasteiger partial charge in [0.05, 0.1) is 18.4 Å². The zero-order valence-corrected chi connectivity index (χ0v) is 22.0. The number of hydrogen-bond acceptors (Lipinski definition) is 9. The molecule has 0 spiro atoms. The van der Waals surface area contributed by atoms with E-state index in [0.717, 1.165) is 5.69 Å². The number of rotatable bonds is 4. The first-order valence-corrected chi connectivity index (χ1v) is 12.2. The van der Waals surface area contributed by atoms with Gasteiger partial charge in [0.25, 0.3) is 11.4 Å². The number of piperidine rings is 1. The molecule has 2 N–H and O–H groups in total. The standard InChI is InChI=1S/C24H33N7O6/c1-23(2,3)35-21(33)25-13-17-27-20(37-29-17)15-12-26-31-16(11-18(32)28-19(15)31)14-7-9-30(10-8-14)22(34)36-24(4,5)6/h11-12,14H,7-10,13H2,1-6H3,(H,25,33)(H,28,32). The number of aromatic amines is 1. The third kappa shape index (κ3) is 6.46. The Morgan fingerprint density at radius 2 is 1.81 bits per heavy atom. The van der Waals surface area contributed by atoms with Gasteiger partial charge in [0.2, 0.25) is 0 Å². The lowest BCUT2D eigenvalue weighted by atomic mass is 9.93. The van der Waals surface area contributed by atoms with Gasteiger partial charge in [-0.25, -0.2) is 14.1 Å². The minimum absolute atomic E-state index is 0.00954. The number of H-pyrrole nitrogens is 1. The van der Waals surface area contributed by atoms with Crippen LogP contribution in [0.25, 0.3) is 17.1 Å². The second-order valence-corrected chi connectivity index (χ2v) is 11.0. The average Bonchev–Trinajstić information content (AvgIpc) is 3.41. The number of aromatic nitrogens is 5. The number of ether oxygens (including phenoxy) is 2. The monoisotopic (exact) mass is 515 g/mol. The lowest BCUT2D eigenvalue weighted by molar-refractivity contribution is 0.0203. The molecule has 1 saturated heterocycles. The highest BCUT2D eigenvalue weighted by Crippen LogP contribution is 2.30. The minimum atomic E-state index is -0.625. The van der Waals surface area contributed by atoms with E-state index < -0.39 is 17.3 Å². The molecule has 0 aromatic carbocycles. The first-order chi connectivity index (χ1) is 17.3. The van der Waals surface area contributed by atoms with E-state index >= 15 is 0 Å². The van der Waals surface area contributed by atoms with E-state index in [0.29, 0.717) is 37.1 Å². The Hall–Kier alpha value is -3.90. The Labute approximate surface area is 213 Å². The maximum Gasteiger partial charge on any atom is 0.410 e. The molecule has 4 rings (SSSR count). The molecule has 200 valence electrons. The van der Waals surface area contributed by atoms with Gasteiger partial charge in [-0.15, -0.1) is 0 Å². The van der Waals surface area contributed by atoms with E-state index in [9.17, 15) is 14.4 Å². The van der Waals surface area contributed by atoms with Crippen molar-refractivity contribution in [2.75, 3.05) is 13.1 Å². The van der Waals surface area contributed by atoms with Crippen molar-refractivity contribution in [1.29, 1.82) is 0 Å². The number of likely N-dealkylation sites (tertiary alicyclic amines) is 1. The molecule has 0 bridgehead atoms. The Balaban J connectivity index is 1.48. The van der Waals surface area contributed by atoms with Crippen LogP contribution in [0.3, 0.4) is 0 Å². The zero-order chi connectivity index (χ0) is 27.0. The van der Waals surface area contributed by atoms with Gasteiger partial charge in [-0.1, -0.05) is 5.16 Å². The van der Waals surface area contributed by atoms with Crippen LogP contribution in [0.5, 0.6) is 0 Å². The fraction of sp³-hybridized carbons (Fsp3) is 0.583. The SMILES string of the molecule is CC(C)(C)OC(=O)NCc1noc(-c2cnn3c(C4CCN(C(=O)OC(C)(C)C)CC4)cc(=O)[nH]c23)n1. The van der Waals surface area contributed by atoms with Crippen LogP contribution in [0.15, 0.2) is 21.6 Å². The molecule has 0 aliphatic carbocycles. The summed E-state index contributed by atoms with van der Waals surface area (Å²) >= 11 is 0. The summed E-state index contributed by atoms with van der Waals surface area (Å²) in [6.45, 7) is 11.9. The topological polar surface area (TPSA) is 157 Å². The normalized spacial score (nSPS) is 15.1. The summed E-state index contributed by atoms with van der Waals surface area (Å²) in [5.41, 5.74) is 0.150. The van der Waals surface area contributed by atoms with Gasteiger partial charge in [-0.05, 0) is 54.4 Å². The van der Waals surface area contributed by atoms with Crippen molar-refractivity contribution >= 4 is 17.8 Å². The molecule has 1 aliphatic heterocycles. The quantitative estimate of drug-likeness (QED) is 0.532. The highest BCUT2D eigenvalue weighted by molar-refractivity contribution is 5.71. The number of fused-ring (bicyclic) bond motifs is 1. The van der Waals surface area contributed by atoms with E-state index in [1.807, 2.05) is 20.8 Å². The zero-order valence-electron chi connectivity index (χ0n) is 22.0. The maximum atomic E-state index is 12.5. The molecular formula is C24H33N7O6. The van der Waals surface area contributed by atoms with Crippen molar-refractivity contribution in [3.8, 4) is 11.5 Å². The van der Waals surface area contributed by atoms with Crippen LogP contribution in [0.4, 0.5) is 9.59 Å². The highest BCUT2D eigenvalue weighted by Gasteiger charge is 2.29. The van der Waals surface area contributed by atoms with Gasteiger partial charge in [-0.3, -0.25) is 4.79 Å². The van der Waals surface area contributed by atoms with E-state index in [1.54, 1.807) is 36.4 Å². The van der Waals surface area contributed by atoms with Crippen molar-refractivity contribution in [1.82, 2.24) is 35.0 Å². The van der Waals surface area contributed by atoms with E-state index in [2.05, 4.69) is 25.5 Å². The summed E-state index contributed by atoms with van der Waals surface area (Å²) in [4.78, 5) is 45.6. The number of hydrogen-bond donors (Lipinski definition) is 2. The predicted molar refractivity (Wildman–Crippen MR) is 132 cm³/mol. The molecule has 0 saturated carbocycles.